The molecule has 0 aliphatic carbocycles. The monoisotopic (exact) mass is 285 g/mol. The van der Waals surface area contributed by atoms with E-state index in [9.17, 15) is 0 Å². The molecule has 0 bridgehead atoms. The van der Waals surface area contributed by atoms with E-state index in [4.69, 9.17) is 4.74 Å². The van der Waals surface area contributed by atoms with Crippen LogP contribution < -0.4 is 9.64 Å². The van der Waals surface area contributed by atoms with Gasteiger partial charge in [0.2, 0.25) is 0 Å². The van der Waals surface area contributed by atoms with Crippen LogP contribution in [0.25, 0.3) is 0 Å². The molecule has 0 spiro atoms. The smallest absolute Gasteiger partial charge is 0.119 e. The zero-order chi connectivity index (χ0) is 14.5. The number of nitrogens with zero attached hydrogens (tertiary/aromatic N) is 2. The summed E-state index contributed by atoms with van der Waals surface area (Å²) in [5.74, 6) is 0.951. The minimum atomic E-state index is 0.719. The number of piperazine rings is 1. The van der Waals surface area contributed by atoms with Gasteiger partial charge in [-0.2, -0.15) is 0 Å². The summed E-state index contributed by atoms with van der Waals surface area (Å²) >= 11 is 0. The number of hydrogen-bond donors (Lipinski definition) is 1. The van der Waals surface area contributed by atoms with Gasteiger partial charge in [-0.05, 0) is 42.8 Å². The second kappa shape index (κ2) is 6.68. The third kappa shape index (κ3) is 3.58. The van der Waals surface area contributed by atoms with E-state index in [0.717, 1.165) is 45.1 Å². The van der Waals surface area contributed by atoms with Crippen LogP contribution in [0, 0.1) is 0 Å². The molecular weight excluding hydrogens is 262 g/mol. The van der Waals surface area contributed by atoms with Crippen molar-refractivity contribution in [3.05, 3.63) is 48.3 Å². The summed E-state index contributed by atoms with van der Waals surface area (Å²) < 4.78 is 5.49. The molecule has 0 radical (unpaired) electrons. The Morgan fingerprint density at radius 2 is 1.81 bits per heavy atom. The van der Waals surface area contributed by atoms with E-state index < -0.39 is 0 Å². The van der Waals surface area contributed by atoms with Crippen LogP contribution >= 0.6 is 0 Å². The van der Waals surface area contributed by atoms with Gasteiger partial charge >= 0.3 is 0 Å². The Hall–Kier alpha value is -1.94. The van der Waals surface area contributed by atoms with E-state index >= 15 is 0 Å². The third-order valence-corrected chi connectivity index (χ3v) is 3.95. The lowest BCUT2D eigenvalue weighted by molar-refractivity contribution is 0.250. The summed E-state index contributed by atoms with van der Waals surface area (Å²) in [6.07, 6.45) is 4.07. The van der Waals surface area contributed by atoms with E-state index in [1.165, 1.54) is 11.3 Å². The molecule has 1 aromatic heterocycles. The molecule has 1 aliphatic heterocycles. The van der Waals surface area contributed by atoms with Crippen molar-refractivity contribution in [2.75, 3.05) is 37.7 Å². The number of nitrogens with one attached hydrogen (secondary N) is 1. The molecule has 2 aromatic rings. The van der Waals surface area contributed by atoms with Gasteiger partial charge in [0.25, 0.3) is 0 Å². The van der Waals surface area contributed by atoms with Gasteiger partial charge in [0, 0.05) is 50.8 Å². The van der Waals surface area contributed by atoms with Crippen molar-refractivity contribution in [2.45, 2.75) is 13.5 Å². The first kappa shape index (κ1) is 14.0. The van der Waals surface area contributed by atoms with Crippen molar-refractivity contribution < 1.29 is 4.74 Å². The molecule has 0 amide bonds. The van der Waals surface area contributed by atoms with Gasteiger partial charge in [-0.1, -0.05) is 0 Å². The standard InChI is InChI=1S/C17H23N3O/c1-2-21-17-5-3-16(4-6-17)20-11-9-19(10-12-20)14-15-7-8-18-13-15/h3-8,13,18H,2,9-12,14H2,1H3. The van der Waals surface area contributed by atoms with E-state index in [2.05, 4.69) is 51.3 Å². The predicted molar refractivity (Wildman–Crippen MR) is 85.9 cm³/mol. The molecule has 1 aromatic carbocycles. The van der Waals surface area contributed by atoms with E-state index in [1.807, 2.05) is 13.1 Å². The van der Waals surface area contributed by atoms with Gasteiger partial charge in [-0.3, -0.25) is 4.90 Å². The highest BCUT2D eigenvalue weighted by Gasteiger charge is 2.17. The van der Waals surface area contributed by atoms with Crippen LogP contribution in [0.2, 0.25) is 0 Å². The lowest BCUT2D eigenvalue weighted by Crippen LogP contribution is -2.45. The minimum absolute atomic E-state index is 0.719. The highest BCUT2D eigenvalue weighted by Crippen LogP contribution is 2.21. The topological polar surface area (TPSA) is 31.5 Å². The van der Waals surface area contributed by atoms with Crippen molar-refractivity contribution >= 4 is 5.69 Å². The van der Waals surface area contributed by atoms with Crippen molar-refractivity contribution in [1.29, 1.82) is 0 Å². The maximum atomic E-state index is 5.49. The average molecular weight is 285 g/mol. The molecule has 1 aliphatic rings. The number of aromatic amines is 1. The molecule has 112 valence electrons. The first-order valence-corrected chi connectivity index (χ1v) is 7.67. The van der Waals surface area contributed by atoms with Crippen LogP contribution in [-0.2, 0) is 6.54 Å². The second-order valence-electron chi connectivity index (χ2n) is 5.41. The maximum Gasteiger partial charge on any atom is 0.119 e. The molecule has 0 saturated carbocycles. The summed E-state index contributed by atoms with van der Waals surface area (Å²) in [5, 5.41) is 0. The molecule has 1 saturated heterocycles. The maximum absolute atomic E-state index is 5.49. The molecule has 1 fully saturated rings. The highest BCUT2D eigenvalue weighted by molar-refractivity contribution is 5.49. The Balaban J connectivity index is 1.53. The number of ether oxygens (including phenoxy) is 1. The molecule has 2 heterocycles. The average Bonchev–Trinajstić information content (AvgIpc) is 3.02. The van der Waals surface area contributed by atoms with E-state index in [1.54, 1.807) is 0 Å². The fourth-order valence-corrected chi connectivity index (χ4v) is 2.80. The van der Waals surface area contributed by atoms with Gasteiger partial charge in [0.05, 0.1) is 6.61 Å². The Kier molecular flexibility index (Phi) is 4.46. The van der Waals surface area contributed by atoms with Gasteiger partial charge < -0.3 is 14.6 Å². The van der Waals surface area contributed by atoms with Crippen molar-refractivity contribution in [2.24, 2.45) is 0 Å². The lowest BCUT2D eigenvalue weighted by atomic mass is 10.2. The van der Waals surface area contributed by atoms with E-state index in [0.29, 0.717) is 0 Å². The SMILES string of the molecule is CCOc1ccc(N2CCN(Cc3cc[nH]c3)CC2)cc1. The molecule has 3 rings (SSSR count). The lowest BCUT2D eigenvalue weighted by Gasteiger charge is -2.36. The summed E-state index contributed by atoms with van der Waals surface area (Å²) in [5.41, 5.74) is 2.66. The number of hydrogen-bond acceptors (Lipinski definition) is 3. The second-order valence-corrected chi connectivity index (χ2v) is 5.41. The molecule has 0 atom stereocenters. The third-order valence-electron chi connectivity index (χ3n) is 3.95. The Bertz CT molecular complexity index is 528. The summed E-state index contributed by atoms with van der Waals surface area (Å²) in [7, 11) is 0. The normalized spacial score (nSPS) is 16.1. The molecule has 21 heavy (non-hydrogen) atoms. The highest BCUT2D eigenvalue weighted by atomic mass is 16.5. The first-order valence-electron chi connectivity index (χ1n) is 7.67. The van der Waals surface area contributed by atoms with Crippen molar-refractivity contribution in [3.8, 4) is 5.75 Å². The Morgan fingerprint density at radius 1 is 1.05 bits per heavy atom. The van der Waals surface area contributed by atoms with Gasteiger partial charge in [0.15, 0.2) is 0 Å². The summed E-state index contributed by atoms with van der Waals surface area (Å²) in [6, 6.07) is 10.6. The Morgan fingerprint density at radius 3 is 2.43 bits per heavy atom. The number of H-pyrrole nitrogens is 1. The van der Waals surface area contributed by atoms with Crippen LogP contribution in [-0.4, -0.2) is 42.7 Å². The number of benzene rings is 1. The molecule has 4 nitrogen and oxygen atoms in total. The first-order chi connectivity index (χ1) is 10.3. The van der Waals surface area contributed by atoms with Gasteiger partial charge in [0.1, 0.15) is 5.75 Å². The zero-order valence-electron chi connectivity index (χ0n) is 12.6. The summed E-state index contributed by atoms with van der Waals surface area (Å²) in [6.45, 7) is 8.16. The minimum Gasteiger partial charge on any atom is -0.494 e. The number of rotatable bonds is 5. The quantitative estimate of drug-likeness (QED) is 0.916. The van der Waals surface area contributed by atoms with Gasteiger partial charge in [-0.15, -0.1) is 0 Å². The van der Waals surface area contributed by atoms with E-state index in [-0.39, 0.29) is 0 Å². The molecule has 0 unspecified atom stereocenters. The molecule has 1 N–H and O–H groups in total. The van der Waals surface area contributed by atoms with Crippen LogP contribution in [0.5, 0.6) is 5.75 Å². The van der Waals surface area contributed by atoms with Gasteiger partial charge in [-0.25, -0.2) is 0 Å². The molecule has 4 heteroatoms. The van der Waals surface area contributed by atoms with Crippen LogP contribution in [0.4, 0.5) is 5.69 Å². The zero-order valence-corrected chi connectivity index (χ0v) is 12.6. The Labute approximate surface area is 126 Å². The fraction of sp³-hybridized carbons (Fsp3) is 0.412. The van der Waals surface area contributed by atoms with Crippen molar-refractivity contribution in [1.82, 2.24) is 9.88 Å². The fourth-order valence-electron chi connectivity index (χ4n) is 2.80. The van der Waals surface area contributed by atoms with Crippen LogP contribution in [0.1, 0.15) is 12.5 Å². The molecular formula is C17H23N3O. The van der Waals surface area contributed by atoms with Crippen LogP contribution in [0.15, 0.2) is 42.7 Å². The number of anilines is 1. The number of aromatic nitrogens is 1. The largest absolute Gasteiger partial charge is 0.494 e. The summed E-state index contributed by atoms with van der Waals surface area (Å²) in [4.78, 5) is 8.08. The predicted octanol–water partition coefficient (Wildman–Crippen LogP) is 2.74. The van der Waals surface area contributed by atoms with Crippen molar-refractivity contribution in [3.63, 3.8) is 0 Å². The van der Waals surface area contributed by atoms with Crippen LogP contribution in [0.3, 0.4) is 0 Å².